The third kappa shape index (κ3) is 4.60. The number of nitrogens with one attached hydrogen (secondary N) is 1. The van der Waals surface area contributed by atoms with Gasteiger partial charge in [0.05, 0.1) is 26.2 Å². The van der Waals surface area contributed by atoms with Gasteiger partial charge in [-0.1, -0.05) is 0 Å². The van der Waals surface area contributed by atoms with Gasteiger partial charge in [0.1, 0.15) is 0 Å². The molecule has 0 bridgehead atoms. The van der Waals surface area contributed by atoms with E-state index in [0.717, 1.165) is 0 Å². The monoisotopic (exact) mass is 332 g/mol. The molecule has 0 unspecified atom stereocenters. The van der Waals surface area contributed by atoms with E-state index >= 15 is 0 Å². The van der Waals surface area contributed by atoms with Gasteiger partial charge in [0.25, 0.3) is 0 Å². The van der Waals surface area contributed by atoms with Crippen LogP contribution in [0.2, 0.25) is 0 Å². The Bertz CT molecular complexity index is 724. The van der Waals surface area contributed by atoms with Gasteiger partial charge in [-0.2, -0.15) is 5.10 Å². The molecule has 0 spiro atoms. The fourth-order valence-corrected chi connectivity index (χ4v) is 1.71. The quantitative estimate of drug-likeness (QED) is 0.378. The third-order valence-electron chi connectivity index (χ3n) is 2.75. The van der Waals surface area contributed by atoms with Gasteiger partial charge in [0.15, 0.2) is 11.5 Å². The SMILES string of the molecule is CCOc1cc(/C=N/NC(=O)OC)ccc1OC(=O)c1ccco1. The van der Waals surface area contributed by atoms with Gasteiger partial charge >= 0.3 is 12.1 Å². The Morgan fingerprint density at radius 1 is 1.29 bits per heavy atom. The molecule has 8 nitrogen and oxygen atoms in total. The van der Waals surface area contributed by atoms with Crippen molar-refractivity contribution in [3.05, 3.63) is 47.9 Å². The summed E-state index contributed by atoms with van der Waals surface area (Å²) in [7, 11) is 1.24. The topological polar surface area (TPSA) is 99.4 Å². The Hall–Kier alpha value is -3.29. The van der Waals surface area contributed by atoms with Crippen LogP contribution in [0, 0.1) is 0 Å². The summed E-state index contributed by atoms with van der Waals surface area (Å²) >= 11 is 0. The number of carbonyl (C=O) groups is 2. The molecule has 1 aromatic carbocycles. The lowest BCUT2D eigenvalue weighted by atomic mass is 10.2. The lowest BCUT2D eigenvalue weighted by molar-refractivity contribution is 0.0695. The molecule has 1 N–H and O–H groups in total. The highest BCUT2D eigenvalue weighted by molar-refractivity contribution is 5.89. The Kier molecular flexibility index (Phi) is 5.95. The lowest BCUT2D eigenvalue weighted by Gasteiger charge is -2.10. The van der Waals surface area contributed by atoms with Crippen LogP contribution in [0.25, 0.3) is 0 Å². The minimum Gasteiger partial charge on any atom is -0.490 e. The summed E-state index contributed by atoms with van der Waals surface area (Å²) < 4.78 is 20.1. The minimum atomic E-state index is -0.680. The molecule has 0 fully saturated rings. The Balaban J connectivity index is 2.14. The highest BCUT2D eigenvalue weighted by Gasteiger charge is 2.15. The molecule has 0 saturated carbocycles. The predicted molar refractivity (Wildman–Crippen MR) is 84.4 cm³/mol. The van der Waals surface area contributed by atoms with Gasteiger partial charge in [-0.3, -0.25) is 0 Å². The van der Waals surface area contributed by atoms with E-state index < -0.39 is 12.1 Å². The smallest absolute Gasteiger partial charge is 0.427 e. The van der Waals surface area contributed by atoms with Gasteiger partial charge in [-0.05, 0) is 42.8 Å². The number of methoxy groups -OCH3 is 1. The molecule has 0 saturated heterocycles. The minimum absolute atomic E-state index is 0.0883. The number of esters is 1. The predicted octanol–water partition coefficient (Wildman–Crippen LogP) is 2.59. The van der Waals surface area contributed by atoms with E-state index in [0.29, 0.717) is 17.9 Å². The molecule has 2 aromatic rings. The van der Waals surface area contributed by atoms with Crippen LogP contribution in [0.4, 0.5) is 4.79 Å². The van der Waals surface area contributed by atoms with E-state index in [4.69, 9.17) is 13.9 Å². The van der Waals surface area contributed by atoms with Gasteiger partial charge in [-0.25, -0.2) is 15.0 Å². The van der Waals surface area contributed by atoms with Crippen LogP contribution in [0.15, 0.2) is 46.1 Å². The number of carbonyl (C=O) groups excluding carboxylic acids is 2. The van der Waals surface area contributed by atoms with Crippen molar-refractivity contribution in [2.45, 2.75) is 6.92 Å². The number of hydrogen-bond acceptors (Lipinski definition) is 7. The van der Waals surface area contributed by atoms with Crippen molar-refractivity contribution in [1.82, 2.24) is 5.43 Å². The molecule has 1 aromatic heterocycles. The zero-order valence-corrected chi connectivity index (χ0v) is 13.1. The fraction of sp³-hybridized carbons (Fsp3) is 0.188. The Morgan fingerprint density at radius 2 is 2.12 bits per heavy atom. The molecular weight excluding hydrogens is 316 g/mol. The van der Waals surface area contributed by atoms with Crippen LogP contribution in [-0.4, -0.2) is 32.0 Å². The number of furan rings is 1. The number of rotatable bonds is 6. The maximum atomic E-state index is 11.9. The number of nitrogens with zero attached hydrogens (tertiary/aromatic N) is 1. The summed E-state index contributed by atoms with van der Waals surface area (Å²) in [5, 5.41) is 3.72. The zero-order chi connectivity index (χ0) is 17.4. The first-order valence-corrected chi connectivity index (χ1v) is 7.03. The molecule has 8 heteroatoms. The second-order valence-electron chi connectivity index (χ2n) is 4.37. The third-order valence-corrected chi connectivity index (χ3v) is 2.75. The lowest BCUT2D eigenvalue weighted by Crippen LogP contribution is -2.16. The first-order chi connectivity index (χ1) is 11.6. The molecular formula is C16H16N2O6. The van der Waals surface area contributed by atoms with Crippen LogP contribution in [0.3, 0.4) is 0 Å². The maximum absolute atomic E-state index is 11.9. The van der Waals surface area contributed by atoms with Crippen LogP contribution < -0.4 is 14.9 Å². The van der Waals surface area contributed by atoms with Gasteiger partial charge in [0.2, 0.25) is 5.76 Å². The average Bonchev–Trinajstić information content (AvgIpc) is 3.11. The van der Waals surface area contributed by atoms with Crippen molar-refractivity contribution < 1.29 is 28.2 Å². The Labute approximate surface area is 138 Å². The second-order valence-corrected chi connectivity index (χ2v) is 4.37. The molecule has 0 atom stereocenters. The van der Waals surface area contributed by atoms with E-state index in [1.165, 1.54) is 25.7 Å². The molecule has 1 heterocycles. The summed E-state index contributed by atoms with van der Waals surface area (Å²) in [5.74, 6) is 0.0656. The summed E-state index contributed by atoms with van der Waals surface area (Å²) in [6.45, 7) is 2.18. The summed E-state index contributed by atoms with van der Waals surface area (Å²) in [6, 6.07) is 7.92. The van der Waals surface area contributed by atoms with E-state index in [1.54, 1.807) is 31.2 Å². The summed E-state index contributed by atoms with van der Waals surface area (Å²) in [6.07, 6.45) is 2.10. The average molecular weight is 332 g/mol. The standard InChI is InChI=1S/C16H16N2O6/c1-3-22-14-9-11(10-17-18-16(20)21-2)6-7-12(14)24-15(19)13-5-4-8-23-13/h4-10H,3H2,1-2H3,(H,18,20)/b17-10+. The zero-order valence-electron chi connectivity index (χ0n) is 13.1. The van der Waals surface area contributed by atoms with E-state index in [2.05, 4.69) is 15.3 Å². The highest BCUT2D eigenvalue weighted by Crippen LogP contribution is 2.29. The van der Waals surface area contributed by atoms with Crippen molar-refractivity contribution in [1.29, 1.82) is 0 Å². The normalized spacial score (nSPS) is 10.4. The summed E-state index contributed by atoms with van der Waals surface area (Å²) in [4.78, 5) is 22.9. The second kappa shape index (κ2) is 8.37. The number of amides is 1. The van der Waals surface area contributed by atoms with E-state index in [1.807, 2.05) is 0 Å². The first-order valence-electron chi connectivity index (χ1n) is 7.03. The molecule has 126 valence electrons. The molecule has 1 amide bonds. The van der Waals surface area contributed by atoms with Gasteiger partial charge in [0, 0.05) is 0 Å². The summed E-state index contributed by atoms with van der Waals surface area (Å²) in [5.41, 5.74) is 2.80. The van der Waals surface area contributed by atoms with E-state index in [-0.39, 0.29) is 11.5 Å². The molecule has 0 aliphatic rings. The van der Waals surface area contributed by atoms with Gasteiger partial charge < -0.3 is 18.6 Å². The first kappa shape index (κ1) is 17.1. The number of hydrazone groups is 1. The highest BCUT2D eigenvalue weighted by atomic mass is 16.6. The van der Waals surface area contributed by atoms with Crippen LogP contribution >= 0.6 is 0 Å². The van der Waals surface area contributed by atoms with Crippen LogP contribution in [-0.2, 0) is 4.74 Å². The molecule has 2 rings (SSSR count). The number of hydrogen-bond donors (Lipinski definition) is 1. The van der Waals surface area contributed by atoms with Gasteiger partial charge in [-0.15, -0.1) is 0 Å². The largest absolute Gasteiger partial charge is 0.490 e. The molecule has 0 radical (unpaired) electrons. The van der Waals surface area contributed by atoms with Crippen molar-refractivity contribution >= 4 is 18.3 Å². The van der Waals surface area contributed by atoms with Crippen LogP contribution in [0.5, 0.6) is 11.5 Å². The molecule has 0 aliphatic heterocycles. The fourth-order valence-electron chi connectivity index (χ4n) is 1.71. The van der Waals surface area contributed by atoms with E-state index in [9.17, 15) is 9.59 Å². The molecule has 0 aliphatic carbocycles. The number of ether oxygens (including phenoxy) is 3. The maximum Gasteiger partial charge on any atom is 0.427 e. The van der Waals surface area contributed by atoms with Crippen molar-refractivity contribution in [2.75, 3.05) is 13.7 Å². The van der Waals surface area contributed by atoms with Crippen molar-refractivity contribution in [3.63, 3.8) is 0 Å². The van der Waals surface area contributed by atoms with Crippen LogP contribution in [0.1, 0.15) is 23.0 Å². The number of benzene rings is 1. The van der Waals surface area contributed by atoms with Crippen molar-refractivity contribution in [2.24, 2.45) is 5.10 Å². The molecule has 24 heavy (non-hydrogen) atoms. The van der Waals surface area contributed by atoms with Crippen molar-refractivity contribution in [3.8, 4) is 11.5 Å². The Morgan fingerprint density at radius 3 is 2.79 bits per heavy atom.